The number of likely N-dealkylation sites (N-methyl/N-ethyl adjacent to an activating group) is 1. The minimum Gasteiger partial charge on any atom is -0.337 e. The van der Waals surface area contributed by atoms with E-state index in [2.05, 4.69) is 5.32 Å². The summed E-state index contributed by atoms with van der Waals surface area (Å²) < 4.78 is 1.03. The number of hydrogen-bond acceptors (Lipinski definition) is 3. The third kappa shape index (κ3) is 2.94. The van der Waals surface area contributed by atoms with Gasteiger partial charge in [0.15, 0.2) is 0 Å². The summed E-state index contributed by atoms with van der Waals surface area (Å²) in [6.45, 7) is 1.53. The van der Waals surface area contributed by atoms with Gasteiger partial charge in [-0.2, -0.15) is 0 Å². The van der Waals surface area contributed by atoms with Crippen LogP contribution >= 0.6 is 34.5 Å². The van der Waals surface area contributed by atoms with Gasteiger partial charge in [-0.15, -0.1) is 11.3 Å². The maximum Gasteiger partial charge on any atom is 0.256 e. The number of nitrogens with one attached hydrogen (secondary N) is 1. The van der Waals surface area contributed by atoms with Gasteiger partial charge in [-0.1, -0.05) is 23.2 Å². The van der Waals surface area contributed by atoms with Gasteiger partial charge in [0.25, 0.3) is 5.91 Å². The first-order valence-corrected chi connectivity index (χ1v) is 7.10. The Morgan fingerprint density at radius 2 is 2.35 bits per heavy atom. The number of piperidine rings is 1. The third-order valence-corrected chi connectivity index (χ3v) is 4.49. The van der Waals surface area contributed by atoms with Gasteiger partial charge in [0.2, 0.25) is 0 Å². The molecular weight excluding hydrogens is 279 g/mol. The van der Waals surface area contributed by atoms with Gasteiger partial charge in [-0.05, 0) is 26.0 Å². The second-order valence-corrected chi connectivity index (χ2v) is 6.40. The average Bonchev–Trinajstić information content (AvgIpc) is 2.67. The lowest BCUT2D eigenvalue weighted by Crippen LogP contribution is -2.46. The van der Waals surface area contributed by atoms with Crippen LogP contribution in [0.2, 0.25) is 8.67 Å². The molecule has 0 radical (unpaired) electrons. The van der Waals surface area contributed by atoms with Crippen molar-refractivity contribution in [1.29, 1.82) is 0 Å². The zero-order valence-electron chi connectivity index (χ0n) is 9.50. The van der Waals surface area contributed by atoms with Crippen molar-refractivity contribution in [2.24, 2.45) is 0 Å². The predicted molar refractivity (Wildman–Crippen MR) is 72.3 cm³/mol. The Morgan fingerprint density at radius 1 is 1.59 bits per heavy atom. The van der Waals surface area contributed by atoms with Crippen LogP contribution in [-0.2, 0) is 0 Å². The van der Waals surface area contributed by atoms with Gasteiger partial charge >= 0.3 is 0 Å². The summed E-state index contributed by atoms with van der Waals surface area (Å²) in [4.78, 5) is 14.1. The fraction of sp³-hybridized carbons (Fsp3) is 0.545. The molecule has 1 aliphatic rings. The third-order valence-electron chi connectivity index (χ3n) is 3.00. The Balaban J connectivity index is 2.12. The number of carbonyl (C=O) groups is 1. The molecule has 0 spiro atoms. The van der Waals surface area contributed by atoms with Crippen molar-refractivity contribution >= 4 is 40.4 Å². The zero-order chi connectivity index (χ0) is 12.4. The molecule has 1 aliphatic heterocycles. The highest BCUT2D eigenvalue weighted by atomic mass is 35.5. The Kier molecular flexibility index (Phi) is 4.31. The molecule has 0 aliphatic carbocycles. The fourth-order valence-corrected chi connectivity index (χ4v) is 3.50. The van der Waals surface area contributed by atoms with Crippen molar-refractivity contribution in [3.63, 3.8) is 0 Å². The van der Waals surface area contributed by atoms with Gasteiger partial charge in [0.05, 0.1) is 9.90 Å². The molecular formula is C11H14Cl2N2OS. The molecule has 1 saturated heterocycles. The predicted octanol–water partition coefficient (Wildman–Crippen LogP) is 2.88. The summed E-state index contributed by atoms with van der Waals surface area (Å²) in [6, 6.07) is 2.03. The molecule has 1 atom stereocenters. The average molecular weight is 293 g/mol. The number of hydrogen-bond donors (Lipinski definition) is 1. The molecule has 0 bridgehead atoms. The molecule has 6 heteroatoms. The summed E-state index contributed by atoms with van der Waals surface area (Å²) in [5.41, 5.74) is 0.526. The van der Waals surface area contributed by atoms with Crippen LogP contribution in [0.25, 0.3) is 0 Å². The highest BCUT2D eigenvalue weighted by Crippen LogP contribution is 2.32. The first-order chi connectivity index (χ1) is 8.11. The minimum atomic E-state index is -0.0156. The van der Waals surface area contributed by atoms with Gasteiger partial charge in [-0.25, -0.2) is 0 Å². The van der Waals surface area contributed by atoms with E-state index >= 15 is 0 Å². The van der Waals surface area contributed by atoms with Gasteiger partial charge in [0, 0.05) is 19.1 Å². The minimum absolute atomic E-state index is 0.0156. The summed E-state index contributed by atoms with van der Waals surface area (Å²) in [5.74, 6) is -0.0156. The molecule has 2 rings (SSSR count). The van der Waals surface area contributed by atoms with E-state index < -0.39 is 0 Å². The van der Waals surface area contributed by atoms with Crippen LogP contribution in [0.4, 0.5) is 0 Å². The molecule has 1 aromatic heterocycles. The highest BCUT2D eigenvalue weighted by Gasteiger charge is 2.25. The summed E-state index contributed by atoms with van der Waals surface area (Å²) in [6.07, 6.45) is 2.13. The number of carbonyl (C=O) groups excluding carboxylic acids is 1. The second-order valence-electron chi connectivity index (χ2n) is 4.12. The largest absolute Gasteiger partial charge is 0.337 e. The first-order valence-electron chi connectivity index (χ1n) is 5.53. The van der Waals surface area contributed by atoms with Gasteiger partial charge in [-0.3, -0.25) is 4.79 Å². The van der Waals surface area contributed by atoms with E-state index in [0.717, 1.165) is 25.9 Å². The van der Waals surface area contributed by atoms with Crippen LogP contribution in [0.5, 0.6) is 0 Å². The quantitative estimate of drug-likeness (QED) is 0.909. The van der Waals surface area contributed by atoms with E-state index in [1.807, 2.05) is 11.9 Å². The number of halogens is 2. The van der Waals surface area contributed by atoms with Crippen molar-refractivity contribution in [1.82, 2.24) is 10.2 Å². The smallest absolute Gasteiger partial charge is 0.256 e. The molecule has 0 aromatic carbocycles. The standard InChI is InChI=1S/C11H14Cl2N2OS/c1-14-7-3-2-4-15(6-7)11(16)8-5-9(12)17-10(8)13/h5,7,14H,2-4,6H2,1H3. The van der Waals surface area contributed by atoms with E-state index in [9.17, 15) is 4.79 Å². The summed E-state index contributed by atoms with van der Waals surface area (Å²) >= 11 is 13.1. The van der Waals surface area contributed by atoms with E-state index in [0.29, 0.717) is 20.3 Å². The molecule has 1 aromatic rings. The van der Waals surface area contributed by atoms with Crippen molar-refractivity contribution in [3.8, 4) is 0 Å². The molecule has 1 fully saturated rings. The Bertz CT molecular complexity index is 422. The van der Waals surface area contributed by atoms with Crippen molar-refractivity contribution in [2.75, 3.05) is 20.1 Å². The molecule has 94 valence electrons. The molecule has 1 N–H and O–H groups in total. The normalized spacial score (nSPS) is 20.6. The Hall–Kier alpha value is -0.290. The van der Waals surface area contributed by atoms with E-state index in [1.165, 1.54) is 11.3 Å². The van der Waals surface area contributed by atoms with Gasteiger partial charge in [0.1, 0.15) is 4.34 Å². The van der Waals surface area contributed by atoms with Crippen LogP contribution in [0.3, 0.4) is 0 Å². The number of amides is 1. The number of rotatable bonds is 2. The maximum atomic E-state index is 12.3. The van der Waals surface area contributed by atoms with Crippen LogP contribution in [-0.4, -0.2) is 37.0 Å². The SMILES string of the molecule is CNC1CCCN(C(=O)c2cc(Cl)sc2Cl)C1. The van der Waals surface area contributed by atoms with Crippen LogP contribution < -0.4 is 5.32 Å². The van der Waals surface area contributed by atoms with Crippen LogP contribution in [0.15, 0.2) is 6.07 Å². The number of nitrogens with zero attached hydrogens (tertiary/aromatic N) is 1. The molecule has 2 heterocycles. The van der Waals surface area contributed by atoms with E-state index in [-0.39, 0.29) is 5.91 Å². The maximum absolute atomic E-state index is 12.3. The molecule has 3 nitrogen and oxygen atoms in total. The Labute approximate surface area is 115 Å². The summed E-state index contributed by atoms with van der Waals surface area (Å²) in [5, 5.41) is 3.21. The number of likely N-dealkylation sites (tertiary alicyclic amines) is 1. The molecule has 0 saturated carbocycles. The van der Waals surface area contributed by atoms with Crippen molar-refractivity contribution in [3.05, 3.63) is 20.3 Å². The summed E-state index contributed by atoms with van der Waals surface area (Å²) in [7, 11) is 1.92. The molecule has 1 unspecified atom stereocenters. The second kappa shape index (κ2) is 5.57. The lowest BCUT2D eigenvalue weighted by atomic mass is 10.1. The van der Waals surface area contributed by atoms with Crippen molar-refractivity contribution < 1.29 is 4.79 Å². The first kappa shape index (κ1) is 13.1. The lowest BCUT2D eigenvalue weighted by Gasteiger charge is -2.32. The van der Waals surface area contributed by atoms with E-state index in [1.54, 1.807) is 6.07 Å². The Morgan fingerprint density at radius 3 is 2.94 bits per heavy atom. The monoisotopic (exact) mass is 292 g/mol. The topological polar surface area (TPSA) is 32.3 Å². The lowest BCUT2D eigenvalue weighted by molar-refractivity contribution is 0.0699. The van der Waals surface area contributed by atoms with Crippen LogP contribution in [0, 0.1) is 0 Å². The van der Waals surface area contributed by atoms with Crippen molar-refractivity contribution in [2.45, 2.75) is 18.9 Å². The number of thiophene rings is 1. The zero-order valence-corrected chi connectivity index (χ0v) is 11.8. The fourth-order valence-electron chi connectivity index (χ4n) is 2.05. The van der Waals surface area contributed by atoms with Gasteiger partial charge < -0.3 is 10.2 Å². The molecule has 17 heavy (non-hydrogen) atoms. The highest BCUT2D eigenvalue weighted by molar-refractivity contribution is 7.20. The molecule has 1 amide bonds. The van der Waals surface area contributed by atoms with E-state index in [4.69, 9.17) is 23.2 Å². The van der Waals surface area contributed by atoms with Crippen LogP contribution in [0.1, 0.15) is 23.2 Å².